The molecule has 0 bridgehead atoms. The lowest BCUT2D eigenvalue weighted by atomic mass is 9.99. The number of amides is 1. The fraction of sp³-hybridized carbons (Fsp3) is 0.462. The first-order valence-corrected chi connectivity index (χ1v) is 6.20. The van der Waals surface area contributed by atoms with E-state index >= 15 is 0 Å². The van der Waals surface area contributed by atoms with Gasteiger partial charge in [-0.2, -0.15) is 0 Å². The minimum absolute atomic E-state index is 0.0298. The number of halogens is 1. The van der Waals surface area contributed by atoms with Crippen molar-refractivity contribution in [1.29, 1.82) is 0 Å². The van der Waals surface area contributed by atoms with E-state index in [9.17, 15) is 9.18 Å². The largest absolute Gasteiger partial charge is 0.367 e. The molecule has 2 rings (SSSR count). The van der Waals surface area contributed by atoms with Crippen LogP contribution in [0.2, 0.25) is 0 Å². The zero-order valence-electron chi connectivity index (χ0n) is 10.2. The molecular formula is C13H18FN3O. The standard InChI is InChI=1S/C13H18FN3O/c14-10-5-3-6-11(12(10)13(16)18)17-7-2-1-4-9(17)8-15/h3,5-6,9H,1-2,4,7-8,15H2,(H2,16,18). The van der Waals surface area contributed by atoms with Gasteiger partial charge in [0.05, 0.1) is 11.3 Å². The Labute approximate surface area is 106 Å². The van der Waals surface area contributed by atoms with Gasteiger partial charge in [-0.15, -0.1) is 0 Å². The van der Waals surface area contributed by atoms with Crippen LogP contribution in [0, 0.1) is 5.82 Å². The molecule has 4 N–H and O–H groups in total. The van der Waals surface area contributed by atoms with Crippen LogP contribution < -0.4 is 16.4 Å². The van der Waals surface area contributed by atoms with Crippen LogP contribution in [0.4, 0.5) is 10.1 Å². The quantitative estimate of drug-likeness (QED) is 0.849. The van der Waals surface area contributed by atoms with Gasteiger partial charge in [-0.05, 0) is 31.4 Å². The van der Waals surface area contributed by atoms with Gasteiger partial charge < -0.3 is 16.4 Å². The minimum Gasteiger partial charge on any atom is -0.367 e. The van der Waals surface area contributed by atoms with E-state index in [-0.39, 0.29) is 11.6 Å². The third kappa shape index (κ3) is 2.31. The van der Waals surface area contributed by atoms with Crippen LogP contribution in [-0.4, -0.2) is 25.0 Å². The number of hydrogen-bond donors (Lipinski definition) is 2. The zero-order chi connectivity index (χ0) is 13.1. The minimum atomic E-state index is -0.732. The Kier molecular flexibility index (Phi) is 3.81. The predicted octanol–water partition coefficient (Wildman–Crippen LogP) is 1.24. The first-order chi connectivity index (χ1) is 8.65. The van der Waals surface area contributed by atoms with Gasteiger partial charge in [-0.3, -0.25) is 4.79 Å². The molecule has 1 amide bonds. The molecule has 1 aliphatic rings. The molecule has 0 spiro atoms. The molecule has 1 aliphatic heterocycles. The van der Waals surface area contributed by atoms with E-state index in [4.69, 9.17) is 11.5 Å². The molecule has 98 valence electrons. The van der Waals surface area contributed by atoms with Crippen molar-refractivity contribution in [2.45, 2.75) is 25.3 Å². The Morgan fingerprint density at radius 1 is 1.44 bits per heavy atom. The maximum absolute atomic E-state index is 13.7. The average Bonchev–Trinajstić information content (AvgIpc) is 2.38. The summed E-state index contributed by atoms with van der Waals surface area (Å²) in [6.07, 6.45) is 3.09. The molecule has 0 radical (unpaired) electrons. The van der Waals surface area contributed by atoms with Crippen LogP contribution in [0.25, 0.3) is 0 Å². The Morgan fingerprint density at radius 3 is 2.89 bits per heavy atom. The summed E-state index contributed by atoms with van der Waals surface area (Å²) in [6, 6.07) is 4.74. The molecule has 5 heteroatoms. The van der Waals surface area contributed by atoms with Gasteiger partial charge in [0.2, 0.25) is 0 Å². The second-order valence-corrected chi connectivity index (χ2v) is 4.58. The molecule has 0 saturated carbocycles. The number of nitrogens with zero attached hydrogens (tertiary/aromatic N) is 1. The number of rotatable bonds is 3. The predicted molar refractivity (Wildman–Crippen MR) is 69.0 cm³/mol. The summed E-state index contributed by atoms with van der Waals surface area (Å²) in [5.74, 6) is -1.30. The highest BCUT2D eigenvalue weighted by Gasteiger charge is 2.26. The number of primary amides is 1. The van der Waals surface area contributed by atoms with Crippen LogP contribution in [0.3, 0.4) is 0 Å². The molecule has 1 saturated heterocycles. The summed E-state index contributed by atoms with van der Waals surface area (Å²) < 4.78 is 13.7. The van der Waals surface area contributed by atoms with Gasteiger partial charge in [-0.25, -0.2) is 4.39 Å². The molecule has 0 aliphatic carbocycles. The van der Waals surface area contributed by atoms with E-state index in [1.807, 2.05) is 4.90 Å². The SMILES string of the molecule is NCC1CCCCN1c1cccc(F)c1C(N)=O. The lowest BCUT2D eigenvalue weighted by Crippen LogP contribution is -2.45. The first-order valence-electron chi connectivity index (χ1n) is 6.20. The van der Waals surface area contributed by atoms with Crippen LogP contribution in [0.1, 0.15) is 29.6 Å². The number of hydrogen-bond acceptors (Lipinski definition) is 3. The Balaban J connectivity index is 2.42. The van der Waals surface area contributed by atoms with E-state index in [1.165, 1.54) is 6.07 Å². The van der Waals surface area contributed by atoms with E-state index < -0.39 is 11.7 Å². The summed E-state index contributed by atoms with van der Waals surface area (Å²) in [4.78, 5) is 13.4. The molecule has 1 aromatic rings. The smallest absolute Gasteiger partial charge is 0.253 e. The maximum Gasteiger partial charge on any atom is 0.253 e. The van der Waals surface area contributed by atoms with Crippen molar-refractivity contribution in [3.8, 4) is 0 Å². The van der Waals surface area contributed by atoms with Crippen LogP contribution in [0.5, 0.6) is 0 Å². The first kappa shape index (κ1) is 12.8. The summed E-state index contributed by atoms with van der Waals surface area (Å²) in [5, 5.41) is 0. The number of benzene rings is 1. The highest BCUT2D eigenvalue weighted by atomic mass is 19.1. The number of piperidine rings is 1. The Morgan fingerprint density at radius 2 is 2.22 bits per heavy atom. The monoisotopic (exact) mass is 251 g/mol. The van der Waals surface area contributed by atoms with E-state index in [0.717, 1.165) is 25.8 Å². The highest BCUT2D eigenvalue weighted by Crippen LogP contribution is 2.28. The number of carbonyl (C=O) groups excluding carboxylic acids is 1. The van der Waals surface area contributed by atoms with Crippen molar-refractivity contribution >= 4 is 11.6 Å². The normalized spacial score (nSPS) is 19.9. The Bertz CT molecular complexity index is 450. The summed E-state index contributed by atoms with van der Waals surface area (Å²) in [7, 11) is 0. The maximum atomic E-state index is 13.7. The van der Waals surface area contributed by atoms with Gasteiger partial charge in [0.1, 0.15) is 5.82 Å². The number of carbonyl (C=O) groups is 1. The number of nitrogens with two attached hydrogens (primary N) is 2. The topological polar surface area (TPSA) is 72.3 Å². The molecule has 0 aromatic heterocycles. The van der Waals surface area contributed by atoms with Gasteiger partial charge in [-0.1, -0.05) is 6.07 Å². The van der Waals surface area contributed by atoms with Crippen molar-refractivity contribution in [2.24, 2.45) is 11.5 Å². The van der Waals surface area contributed by atoms with Crippen molar-refractivity contribution in [3.05, 3.63) is 29.6 Å². The third-order valence-corrected chi connectivity index (χ3v) is 3.45. The third-order valence-electron chi connectivity index (χ3n) is 3.45. The highest BCUT2D eigenvalue weighted by molar-refractivity contribution is 5.99. The zero-order valence-corrected chi connectivity index (χ0v) is 10.2. The van der Waals surface area contributed by atoms with E-state index in [2.05, 4.69) is 0 Å². The van der Waals surface area contributed by atoms with Gasteiger partial charge in [0, 0.05) is 19.1 Å². The van der Waals surface area contributed by atoms with Crippen LogP contribution in [-0.2, 0) is 0 Å². The summed E-state index contributed by atoms with van der Waals surface area (Å²) >= 11 is 0. The lowest BCUT2D eigenvalue weighted by molar-refractivity contribution is 0.0997. The Hall–Kier alpha value is -1.62. The van der Waals surface area contributed by atoms with Gasteiger partial charge >= 0.3 is 0 Å². The fourth-order valence-electron chi connectivity index (χ4n) is 2.56. The lowest BCUT2D eigenvalue weighted by Gasteiger charge is -2.37. The fourth-order valence-corrected chi connectivity index (χ4v) is 2.56. The van der Waals surface area contributed by atoms with Gasteiger partial charge in [0.15, 0.2) is 0 Å². The molecule has 1 unspecified atom stereocenters. The van der Waals surface area contributed by atoms with E-state index in [0.29, 0.717) is 12.2 Å². The van der Waals surface area contributed by atoms with Crippen molar-refractivity contribution < 1.29 is 9.18 Å². The molecular weight excluding hydrogens is 233 g/mol. The molecule has 1 heterocycles. The van der Waals surface area contributed by atoms with E-state index in [1.54, 1.807) is 12.1 Å². The molecule has 4 nitrogen and oxygen atoms in total. The summed E-state index contributed by atoms with van der Waals surface area (Å²) in [5.41, 5.74) is 11.6. The van der Waals surface area contributed by atoms with Crippen molar-refractivity contribution in [1.82, 2.24) is 0 Å². The molecule has 18 heavy (non-hydrogen) atoms. The summed E-state index contributed by atoms with van der Waals surface area (Å²) in [6.45, 7) is 1.28. The average molecular weight is 251 g/mol. The van der Waals surface area contributed by atoms with Crippen LogP contribution in [0.15, 0.2) is 18.2 Å². The van der Waals surface area contributed by atoms with Crippen molar-refractivity contribution in [2.75, 3.05) is 18.0 Å². The second kappa shape index (κ2) is 5.35. The van der Waals surface area contributed by atoms with Gasteiger partial charge in [0.25, 0.3) is 5.91 Å². The molecule has 1 atom stereocenters. The number of anilines is 1. The molecule has 1 aromatic carbocycles. The molecule has 1 fully saturated rings. The second-order valence-electron chi connectivity index (χ2n) is 4.58. The van der Waals surface area contributed by atoms with Crippen LogP contribution >= 0.6 is 0 Å². The van der Waals surface area contributed by atoms with Crippen molar-refractivity contribution in [3.63, 3.8) is 0 Å².